The molecule has 7 heteroatoms. The van der Waals surface area contributed by atoms with Crippen LogP contribution in [0.25, 0.3) is 11.6 Å². The summed E-state index contributed by atoms with van der Waals surface area (Å²) >= 11 is 6.79. The number of para-hydroxylation sites is 1. The van der Waals surface area contributed by atoms with Crippen molar-refractivity contribution in [2.24, 2.45) is 4.99 Å². The molecule has 0 aliphatic carbocycles. The molecule has 0 spiro atoms. The van der Waals surface area contributed by atoms with Crippen LogP contribution in [-0.4, -0.2) is 21.8 Å². The predicted molar refractivity (Wildman–Crippen MR) is 126 cm³/mol. The fourth-order valence-electron chi connectivity index (χ4n) is 3.26. The number of nitrogens with one attached hydrogen (secondary N) is 1. The maximum Gasteiger partial charge on any atom is 0.224 e. The van der Waals surface area contributed by atoms with Gasteiger partial charge in [-0.2, -0.15) is 0 Å². The van der Waals surface area contributed by atoms with Crippen LogP contribution in [-0.2, 0) is 11.3 Å². The van der Waals surface area contributed by atoms with Crippen molar-refractivity contribution in [2.45, 2.75) is 26.3 Å². The van der Waals surface area contributed by atoms with Gasteiger partial charge in [0.25, 0.3) is 0 Å². The number of nitrogens with zero attached hydrogens (tertiary/aromatic N) is 2. The highest BCUT2D eigenvalue weighted by Gasteiger charge is 2.15. The number of aryl methyl sites for hydroxylation is 1. The lowest BCUT2D eigenvalue weighted by Crippen LogP contribution is -2.12. The minimum atomic E-state index is -0.0544. The average Bonchev–Trinajstić information content (AvgIpc) is 3.26. The fourth-order valence-corrected chi connectivity index (χ4v) is 4.57. The quantitative estimate of drug-likeness (QED) is 0.469. The van der Waals surface area contributed by atoms with Gasteiger partial charge >= 0.3 is 0 Å². The van der Waals surface area contributed by atoms with Gasteiger partial charge in [0.2, 0.25) is 11.8 Å². The third kappa shape index (κ3) is 4.42. The lowest BCUT2D eigenvalue weighted by molar-refractivity contribution is -0.116. The number of anilines is 1. The molecule has 152 valence electrons. The van der Waals surface area contributed by atoms with Crippen molar-refractivity contribution < 1.29 is 9.90 Å². The number of aromatic hydroxyl groups is 1. The van der Waals surface area contributed by atoms with E-state index < -0.39 is 0 Å². The molecule has 30 heavy (non-hydrogen) atoms. The monoisotopic (exact) mass is 435 g/mol. The van der Waals surface area contributed by atoms with Gasteiger partial charge in [0.1, 0.15) is 0 Å². The van der Waals surface area contributed by atoms with Gasteiger partial charge in [0.05, 0.1) is 10.6 Å². The number of hydrogen-bond acceptors (Lipinski definition) is 5. The Labute approximate surface area is 184 Å². The SMILES string of the molecule is Cc1ccc(NC(=O)CCCn2c(O)c(/C=C3\C=Nc4ccccc43)sc2=S)cc1. The Morgan fingerprint density at radius 3 is 2.80 bits per heavy atom. The first kappa shape index (κ1) is 20.3. The van der Waals surface area contributed by atoms with Crippen molar-refractivity contribution in [1.29, 1.82) is 0 Å². The molecule has 1 aliphatic rings. The van der Waals surface area contributed by atoms with Crippen LogP contribution >= 0.6 is 23.6 Å². The first-order valence-corrected chi connectivity index (χ1v) is 10.9. The minimum Gasteiger partial charge on any atom is -0.493 e. The lowest BCUT2D eigenvalue weighted by atomic mass is 10.1. The Morgan fingerprint density at radius 2 is 2.00 bits per heavy atom. The topological polar surface area (TPSA) is 66.6 Å². The molecule has 4 rings (SSSR count). The standard InChI is InChI=1S/C23H21N3O2S2/c1-15-8-10-17(11-9-15)25-21(27)7-4-12-26-22(28)20(30-23(26)29)13-16-14-24-19-6-3-2-5-18(16)19/h2-3,5-6,8-11,13-14,28H,4,7,12H2,1H3,(H,25,27)/b16-13+. The zero-order valence-corrected chi connectivity index (χ0v) is 18.1. The second kappa shape index (κ2) is 8.77. The number of thiazole rings is 1. The van der Waals surface area contributed by atoms with Crippen molar-refractivity contribution in [3.05, 3.63) is 68.5 Å². The van der Waals surface area contributed by atoms with Crippen molar-refractivity contribution in [3.8, 4) is 5.88 Å². The number of fused-ring (bicyclic) bond motifs is 1. The molecule has 1 aromatic heterocycles. The molecule has 5 nitrogen and oxygen atoms in total. The summed E-state index contributed by atoms with van der Waals surface area (Å²) in [6, 6.07) is 15.6. The van der Waals surface area contributed by atoms with Crippen molar-refractivity contribution in [1.82, 2.24) is 4.57 Å². The van der Waals surface area contributed by atoms with E-state index in [0.29, 0.717) is 28.2 Å². The van der Waals surface area contributed by atoms with Gasteiger partial charge < -0.3 is 10.4 Å². The molecular weight excluding hydrogens is 414 g/mol. The highest BCUT2D eigenvalue weighted by atomic mass is 32.1. The molecular formula is C23H21N3O2S2. The van der Waals surface area contributed by atoms with Crippen LogP contribution in [0.2, 0.25) is 0 Å². The summed E-state index contributed by atoms with van der Waals surface area (Å²) in [6.45, 7) is 2.49. The normalized spacial score (nSPS) is 13.6. The summed E-state index contributed by atoms with van der Waals surface area (Å²) in [6.07, 6.45) is 4.64. The Bertz CT molecular complexity index is 1200. The minimum absolute atomic E-state index is 0.0544. The smallest absolute Gasteiger partial charge is 0.224 e. The second-order valence-corrected chi connectivity index (χ2v) is 8.78. The molecule has 2 heterocycles. The fraction of sp³-hybridized carbons (Fsp3) is 0.174. The van der Waals surface area contributed by atoms with Gasteiger partial charge in [-0.3, -0.25) is 14.4 Å². The number of benzene rings is 2. The molecule has 2 aromatic carbocycles. The number of aliphatic imine (C=N–C) groups is 1. The number of carbonyl (C=O) groups is 1. The average molecular weight is 436 g/mol. The van der Waals surface area contributed by atoms with Gasteiger partial charge in [-0.1, -0.05) is 35.9 Å². The number of rotatable bonds is 6. The van der Waals surface area contributed by atoms with E-state index in [2.05, 4.69) is 10.3 Å². The summed E-state index contributed by atoms with van der Waals surface area (Å²) in [5.41, 5.74) is 4.84. The van der Waals surface area contributed by atoms with Crippen molar-refractivity contribution in [3.63, 3.8) is 0 Å². The third-order valence-corrected chi connectivity index (χ3v) is 6.24. The van der Waals surface area contributed by atoms with Crippen LogP contribution in [0.15, 0.2) is 53.5 Å². The molecule has 0 saturated carbocycles. The molecule has 0 fully saturated rings. The van der Waals surface area contributed by atoms with E-state index in [-0.39, 0.29) is 11.8 Å². The summed E-state index contributed by atoms with van der Waals surface area (Å²) in [5.74, 6) is 0.0791. The van der Waals surface area contributed by atoms with E-state index in [1.54, 1.807) is 10.8 Å². The van der Waals surface area contributed by atoms with E-state index in [0.717, 1.165) is 28.1 Å². The number of amides is 1. The van der Waals surface area contributed by atoms with E-state index in [9.17, 15) is 9.90 Å². The number of aromatic nitrogens is 1. The molecule has 2 N–H and O–H groups in total. The molecule has 0 saturated heterocycles. The van der Waals surface area contributed by atoms with Crippen LogP contribution in [0, 0.1) is 10.9 Å². The van der Waals surface area contributed by atoms with Crippen LogP contribution in [0.1, 0.15) is 28.8 Å². The predicted octanol–water partition coefficient (Wildman–Crippen LogP) is 5.97. The number of hydrogen-bond donors (Lipinski definition) is 2. The van der Waals surface area contributed by atoms with Crippen molar-refractivity contribution in [2.75, 3.05) is 5.32 Å². The van der Waals surface area contributed by atoms with Crippen LogP contribution in [0.4, 0.5) is 11.4 Å². The van der Waals surface area contributed by atoms with Crippen LogP contribution in [0.5, 0.6) is 5.88 Å². The Morgan fingerprint density at radius 1 is 1.23 bits per heavy atom. The van der Waals surface area contributed by atoms with Crippen molar-refractivity contribution >= 4 is 58.7 Å². The molecule has 0 radical (unpaired) electrons. The van der Waals surface area contributed by atoms with Gasteiger partial charge in [-0.15, -0.1) is 11.3 Å². The van der Waals surface area contributed by atoms with Gasteiger partial charge in [-0.05, 0) is 49.8 Å². The van der Waals surface area contributed by atoms with Gasteiger partial charge in [0.15, 0.2) is 3.95 Å². The second-order valence-electron chi connectivity index (χ2n) is 7.10. The van der Waals surface area contributed by atoms with Gasteiger partial charge in [-0.25, -0.2) is 0 Å². The highest BCUT2D eigenvalue weighted by molar-refractivity contribution is 7.73. The number of carbonyl (C=O) groups excluding carboxylic acids is 1. The maximum atomic E-state index is 12.2. The zero-order chi connectivity index (χ0) is 21.1. The largest absolute Gasteiger partial charge is 0.493 e. The molecule has 0 bridgehead atoms. The molecule has 1 amide bonds. The first-order chi connectivity index (χ1) is 14.5. The summed E-state index contributed by atoms with van der Waals surface area (Å²) in [5, 5.41) is 13.6. The number of allylic oxidation sites excluding steroid dienone is 1. The summed E-state index contributed by atoms with van der Waals surface area (Å²) < 4.78 is 2.27. The van der Waals surface area contributed by atoms with E-state index in [1.165, 1.54) is 11.3 Å². The van der Waals surface area contributed by atoms with Crippen LogP contribution < -0.4 is 5.32 Å². The molecule has 0 atom stereocenters. The third-order valence-electron chi connectivity index (χ3n) is 4.86. The van der Waals surface area contributed by atoms with E-state index in [1.807, 2.05) is 61.5 Å². The van der Waals surface area contributed by atoms with E-state index in [4.69, 9.17) is 12.2 Å². The Hall–Kier alpha value is -3.03. The highest BCUT2D eigenvalue weighted by Crippen LogP contribution is 2.35. The lowest BCUT2D eigenvalue weighted by Gasteiger charge is -2.07. The Kier molecular flexibility index (Phi) is 5.92. The molecule has 0 unspecified atom stereocenters. The maximum absolute atomic E-state index is 12.2. The summed E-state index contributed by atoms with van der Waals surface area (Å²) in [4.78, 5) is 17.3. The Balaban J connectivity index is 1.40. The molecule has 1 aliphatic heterocycles. The van der Waals surface area contributed by atoms with Gasteiger partial charge in [0, 0.05) is 36.0 Å². The molecule has 3 aromatic rings. The van der Waals surface area contributed by atoms with E-state index >= 15 is 0 Å². The zero-order valence-electron chi connectivity index (χ0n) is 16.5. The van der Waals surface area contributed by atoms with Crippen LogP contribution in [0.3, 0.4) is 0 Å². The summed E-state index contributed by atoms with van der Waals surface area (Å²) in [7, 11) is 0. The first-order valence-electron chi connectivity index (χ1n) is 9.65.